The van der Waals surface area contributed by atoms with Gasteiger partial charge in [-0.2, -0.15) is 0 Å². The van der Waals surface area contributed by atoms with Crippen LogP contribution in [-0.4, -0.2) is 31.7 Å². The molecule has 104 valence electrons. The van der Waals surface area contributed by atoms with Gasteiger partial charge in [0, 0.05) is 24.7 Å². The van der Waals surface area contributed by atoms with Gasteiger partial charge in [-0.05, 0) is 24.5 Å². The molecule has 0 spiro atoms. The molecule has 5 heteroatoms. The Bertz CT molecular complexity index is 420. The fourth-order valence-corrected chi connectivity index (χ4v) is 2.25. The third-order valence-corrected chi connectivity index (χ3v) is 3.48. The van der Waals surface area contributed by atoms with E-state index in [1.54, 1.807) is 0 Å². The molecule has 0 aliphatic carbocycles. The number of ether oxygens (including phenoxy) is 1. The van der Waals surface area contributed by atoms with Gasteiger partial charge < -0.3 is 15.4 Å². The minimum Gasteiger partial charge on any atom is -0.377 e. The van der Waals surface area contributed by atoms with Crippen molar-refractivity contribution in [3.8, 4) is 0 Å². The second-order valence-corrected chi connectivity index (χ2v) is 5.04. The van der Waals surface area contributed by atoms with Crippen LogP contribution in [0.4, 0.5) is 0 Å². The average molecular weight is 283 g/mol. The van der Waals surface area contributed by atoms with E-state index in [1.165, 1.54) is 0 Å². The Labute approximate surface area is 118 Å². The highest BCUT2D eigenvalue weighted by Gasteiger charge is 2.14. The van der Waals surface area contributed by atoms with E-state index in [-0.39, 0.29) is 12.0 Å². The normalized spacial score (nSPS) is 18.5. The summed E-state index contributed by atoms with van der Waals surface area (Å²) < 4.78 is 5.47. The lowest BCUT2D eigenvalue weighted by atomic mass is 10.2. The third kappa shape index (κ3) is 4.82. The molecule has 0 radical (unpaired) electrons. The van der Waals surface area contributed by atoms with Crippen molar-refractivity contribution in [1.29, 1.82) is 0 Å². The molecule has 2 rings (SSSR count). The molecule has 0 bridgehead atoms. The van der Waals surface area contributed by atoms with Gasteiger partial charge in [0.2, 0.25) is 5.91 Å². The van der Waals surface area contributed by atoms with Gasteiger partial charge in [0.1, 0.15) is 0 Å². The van der Waals surface area contributed by atoms with E-state index in [2.05, 4.69) is 10.6 Å². The Kier molecular flexibility index (Phi) is 5.63. The molecule has 1 aromatic carbocycles. The molecular formula is C14H19ClN2O2. The van der Waals surface area contributed by atoms with Crippen molar-refractivity contribution in [3.63, 3.8) is 0 Å². The summed E-state index contributed by atoms with van der Waals surface area (Å²) in [4.78, 5) is 11.6. The van der Waals surface area contributed by atoms with Crippen LogP contribution in [-0.2, 0) is 16.1 Å². The fraction of sp³-hybridized carbons (Fsp3) is 0.500. The van der Waals surface area contributed by atoms with Gasteiger partial charge in [-0.3, -0.25) is 4.79 Å². The van der Waals surface area contributed by atoms with E-state index in [4.69, 9.17) is 16.3 Å². The molecule has 1 amide bonds. The lowest BCUT2D eigenvalue weighted by Gasteiger charge is -2.11. The number of hydrogen-bond acceptors (Lipinski definition) is 3. The standard InChI is InChI=1S/C14H19ClN2O2/c15-13-6-2-1-4-11(13)8-17-14(18)10-16-9-12-5-3-7-19-12/h1-2,4,6,12,16H,3,5,7-10H2,(H,17,18). The summed E-state index contributed by atoms with van der Waals surface area (Å²) in [5, 5.41) is 6.62. The number of carbonyl (C=O) groups excluding carboxylic acids is 1. The number of carbonyl (C=O) groups is 1. The van der Waals surface area contributed by atoms with Crippen molar-refractivity contribution >= 4 is 17.5 Å². The maximum absolute atomic E-state index is 11.6. The van der Waals surface area contributed by atoms with Crippen LogP contribution in [0.25, 0.3) is 0 Å². The van der Waals surface area contributed by atoms with E-state index < -0.39 is 0 Å². The number of rotatable bonds is 6. The van der Waals surface area contributed by atoms with Crippen LogP contribution in [0.3, 0.4) is 0 Å². The Morgan fingerprint density at radius 1 is 1.42 bits per heavy atom. The van der Waals surface area contributed by atoms with Crippen LogP contribution in [0.5, 0.6) is 0 Å². The van der Waals surface area contributed by atoms with Crippen molar-refractivity contribution in [1.82, 2.24) is 10.6 Å². The molecule has 1 atom stereocenters. The molecule has 0 saturated carbocycles. The molecular weight excluding hydrogens is 264 g/mol. The van der Waals surface area contributed by atoms with Gasteiger partial charge in [0.05, 0.1) is 12.6 Å². The highest BCUT2D eigenvalue weighted by atomic mass is 35.5. The third-order valence-electron chi connectivity index (χ3n) is 3.12. The Morgan fingerprint density at radius 2 is 2.26 bits per heavy atom. The smallest absolute Gasteiger partial charge is 0.234 e. The first-order chi connectivity index (χ1) is 9.25. The van der Waals surface area contributed by atoms with Gasteiger partial charge in [-0.1, -0.05) is 29.8 Å². The van der Waals surface area contributed by atoms with E-state index in [9.17, 15) is 4.79 Å². The molecule has 2 N–H and O–H groups in total. The molecule has 19 heavy (non-hydrogen) atoms. The fourth-order valence-electron chi connectivity index (χ4n) is 2.05. The second kappa shape index (κ2) is 7.48. The quantitative estimate of drug-likeness (QED) is 0.835. The molecule has 1 aliphatic rings. The highest BCUT2D eigenvalue weighted by molar-refractivity contribution is 6.31. The van der Waals surface area contributed by atoms with Crippen molar-refractivity contribution in [2.45, 2.75) is 25.5 Å². The van der Waals surface area contributed by atoms with Crippen LogP contribution >= 0.6 is 11.6 Å². The number of benzene rings is 1. The Hall–Kier alpha value is -1.10. The van der Waals surface area contributed by atoms with Crippen LogP contribution in [0, 0.1) is 0 Å². The van der Waals surface area contributed by atoms with Gasteiger partial charge in [0.15, 0.2) is 0 Å². The number of nitrogens with one attached hydrogen (secondary N) is 2. The Morgan fingerprint density at radius 3 is 3.00 bits per heavy atom. The molecule has 1 fully saturated rings. The average Bonchev–Trinajstić information content (AvgIpc) is 2.91. The largest absolute Gasteiger partial charge is 0.377 e. The van der Waals surface area contributed by atoms with Gasteiger partial charge in [-0.25, -0.2) is 0 Å². The van der Waals surface area contributed by atoms with E-state index in [0.29, 0.717) is 18.1 Å². The van der Waals surface area contributed by atoms with Gasteiger partial charge >= 0.3 is 0 Å². The van der Waals surface area contributed by atoms with Gasteiger partial charge in [0.25, 0.3) is 0 Å². The summed E-state index contributed by atoms with van der Waals surface area (Å²) in [7, 11) is 0. The predicted molar refractivity (Wildman–Crippen MR) is 75.1 cm³/mol. The zero-order valence-corrected chi connectivity index (χ0v) is 11.6. The van der Waals surface area contributed by atoms with Crippen molar-refractivity contribution in [2.75, 3.05) is 19.7 Å². The predicted octanol–water partition coefficient (Wildman–Crippen LogP) is 1.72. The van der Waals surface area contributed by atoms with E-state index >= 15 is 0 Å². The van der Waals surface area contributed by atoms with Crippen molar-refractivity contribution in [3.05, 3.63) is 34.9 Å². The van der Waals surface area contributed by atoms with E-state index in [1.807, 2.05) is 24.3 Å². The lowest BCUT2D eigenvalue weighted by molar-refractivity contribution is -0.120. The topological polar surface area (TPSA) is 50.4 Å². The van der Waals surface area contributed by atoms with Crippen LogP contribution in [0.1, 0.15) is 18.4 Å². The summed E-state index contributed by atoms with van der Waals surface area (Å²) in [6, 6.07) is 7.50. The van der Waals surface area contributed by atoms with Crippen molar-refractivity contribution < 1.29 is 9.53 Å². The Balaban J connectivity index is 1.63. The molecule has 4 nitrogen and oxygen atoms in total. The minimum atomic E-state index is -0.0297. The molecule has 1 unspecified atom stereocenters. The van der Waals surface area contributed by atoms with E-state index in [0.717, 1.165) is 31.6 Å². The molecule has 0 aromatic heterocycles. The van der Waals surface area contributed by atoms with Gasteiger partial charge in [-0.15, -0.1) is 0 Å². The number of halogens is 1. The zero-order chi connectivity index (χ0) is 13.5. The highest BCUT2D eigenvalue weighted by Crippen LogP contribution is 2.14. The molecule has 1 heterocycles. The molecule has 1 saturated heterocycles. The maximum Gasteiger partial charge on any atom is 0.234 e. The summed E-state index contributed by atoms with van der Waals surface area (Å²) in [5.74, 6) is -0.0297. The number of hydrogen-bond donors (Lipinski definition) is 2. The van der Waals surface area contributed by atoms with Crippen molar-refractivity contribution in [2.24, 2.45) is 0 Å². The minimum absolute atomic E-state index is 0.0297. The zero-order valence-electron chi connectivity index (χ0n) is 10.8. The molecule has 1 aliphatic heterocycles. The summed E-state index contributed by atoms with van der Waals surface area (Å²) in [6.07, 6.45) is 2.45. The second-order valence-electron chi connectivity index (χ2n) is 4.63. The lowest BCUT2D eigenvalue weighted by Crippen LogP contribution is -2.36. The summed E-state index contributed by atoms with van der Waals surface area (Å²) >= 11 is 6.01. The number of amides is 1. The SMILES string of the molecule is O=C(CNCC1CCCO1)NCc1ccccc1Cl. The first kappa shape index (κ1) is 14.3. The van der Waals surface area contributed by atoms with Crippen LogP contribution in [0.2, 0.25) is 5.02 Å². The van der Waals surface area contributed by atoms with Crippen LogP contribution < -0.4 is 10.6 Å². The first-order valence-electron chi connectivity index (χ1n) is 6.58. The molecule has 1 aromatic rings. The monoisotopic (exact) mass is 282 g/mol. The maximum atomic E-state index is 11.6. The first-order valence-corrected chi connectivity index (χ1v) is 6.96. The summed E-state index contributed by atoms with van der Waals surface area (Å²) in [5.41, 5.74) is 0.927. The van der Waals surface area contributed by atoms with Crippen LogP contribution in [0.15, 0.2) is 24.3 Å². The summed E-state index contributed by atoms with van der Waals surface area (Å²) in [6.45, 7) is 2.34.